The highest BCUT2D eigenvalue weighted by atomic mass is 16.5. The van der Waals surface area contributed by atoms with E-state index in [0.717, 1.165) is 33.0 Å². The smallest absolute Gasteiger partial charge is 0.276 e. The summed E-state index contributed by atoms with van der Waals surface area (Å²) in [5, 5.41) is 14.8. The van der Waals surface area contributed by atoms with Gasteiger partial charge in [0.1, 0.15) is 24.0 Å². The van der Waals surface area contributed by atoms with Crippen LogP contribution in [-0.4, -0.2) is 28.2 Å². The van der Waals surface area contributed by atoms with E-state index in [9.17, 15) is 14.9 Å². The minimum atomic E-state index is -0.635. The van der Waals surface area contributed by atoms with Gasteiger partial charge in [0.15, 0.2) is 0 Å². The molecule has 3 aromatic carbocycles. The van der Waals surface area contributed by atoms with Crippen LogP contribution in [0, 0.1) is 25.2 Å². The van der Waals surface area contributed by atoms with Gasteiger partial charge in [0.05, 0.1) is 17.1 Å². The van der Waals surface area contributed by atoms with Crippen molar-refractivity contribution in [3.05, 3.63) is 125 Å². The second-order valence-corrected chi connectivity index (χ2v) is 9.75. The summed E-state index contributed by atoms with van der Waals surface area (Å²) in [6.45, 7) is 9.57. The molecule has 0 N–H and O–H groups in total. The van der Waals surface area contributed by atoms with E-state index >= 15 is 0 Å². The van der Waals surface area contributed by atoms with Crippen molar-refractivity contribution in [2.75, 3.05) is 11.5 Å². The third-order valence-electron chi connectivity index (χ3n) is 6.87. The second kappa shape index (κ2) is 11.3. The van der Waals surface area contributed by atoms with Crippen molar-refractivity contribution in [1.82, 2.24) is 9.78 Å². The van der Waals surface area contributed by atoms with Gasteiger partial charge >= 0.3 is 0 Å². The quantitative estimate of drug-likeness (QED) is 0.151. The number of carbonyl (C=O) groups excluding carboxylic acids is 2. The maximum atomic E-state index is 13.9. The largest absolute Gasteiger partial charge is 0.489 e. The van der Waals surface area contributed by atoms with E-state index in [1.54, 1.807) is 42.0 Å². The number of imide groups is 1. The fourth-order valence-corrected chi connectivity index (χ4v) is 4.78. The molecule has 4 aromatic rings. The first-order chi connectivity index (χ1) is 19.8. The normalized spacial score (nSPS) is 14.4. The number of carbonyl (C=O) groups is 2. The van der Waals surface area contributed by atoms with E-state index in [0.29, 0.717) is 29.1 Å². The van der Waals surface area contributed by atoms with Crippen LogP contribution in [0.15, 0.2) is 108 Å². The summed E-state index contributed by atoms with van der Waals surface area (Å²) in [7, 11) is 0. The Labute approximate surface area is 238 Å². The van der Waals surface area contributed by atoms with Gasteiger partial charge in [0.2, 0.25) is 0 Å². The van der Waals surface area contributed by atoms with Crippen LogP contribution < -0.4 is 9.64 Å². The van der Waals surface area contributed by atoms with E-state index in [4.69, 9.17) is 9.84 Å². The van der Waals surface area contributed by atoms with Crippen LogP contribution in [-0.2, 0) is 9.59 Å². The zero-order chi connectivity index (χ0) is 29.1. The lowest BCUT2D eigenvalue weighted by molar-refractivity contribution is -0.122. The molecule has 0 unspecified atom stereocenters. The zero-order valence-corrected chi connectivity index (χ0v) is 23.1. The number of rotatable bonds is 7. The van der Waals surface area contributed by atoms with Crippen LogP contribution in [0.5, 0.6) is 5.75 Å². The summed E-state index contributed by atoms with van der Waals surface area (Å²) in [5.74, 6) is -0.396. The first kappa shape index (κ1) is 27.1. The monoisotopic (exact) mass is 540 g/mol. The Balaban J connectivity index is 1.69. The Morgan fingerprint density at radius 2 is 1.71 bits per heavy atom. The standard InChI is InChI=1S/C34H28N4O3/c1-5-16-41-31-15-14-25(18-23(31)3)32-26(21-37(36-32)27-11-7-6-8-12-27)19-29-24(4)30(20-35)34(40)38(33(29)39)28-13-9-10-22(2)17-28/h5-15,17-19,21H,1,16H2,2-4H3/b29-19+. The number of anilines is 1. The van der Waals surface area contributed by atoms with E-state index < -0.39 is 11.8 Å². The molecule has 0 bridgehead atoms. The van der Waals surface area contributed by atoms with Crippen molar-refractivity contribution in [2.24, 2.45) is 0 Å². The highest BCUT2D eigenvalue weighted by molar-refractivity contribution is 6.32. The second-order valence-electron chi connectivity index (χ2n) is 9.75. The minimum Gasteiger partial charge on any atom is -0.489 e. The highest BCUT2D eigenvalue weighted by Crippen LogP contribution is 2.34. The van der Waals surface area contributed by atoms with Gasteiger partial charge in [-0.15, -0.1) is 0 Å². The molecule has 7 nitrogen and oxygen atoms in total. The molecule has 0 atom stereocenters. The van der Waals surface area contributed by atoms with Crippen LogP contribution in [0.2, 0.25) is 0 Å². The highest BCUT2D eigenvalue weighted by Gasteiger charge is 2.37. The number of aromatic nitrogens is 2. The van der Waals surface area contributed by atoms with Gasteiger partial charge in [-0.2, -0.15) is 10.4 Å². The molecule has 202 valence electrons. The van der Waals surface area contributed by atoms with Crippen LogP contribution in [0.25, 0.3) is 23.0 Å². The van der Waals surface area contributed by atoms with Crippen molar-refractivity contribution >= 4 is 23.6 Å². The third kappa shape index (κ3) is 5.23. The van der Waals surface area contributed by atoms with Crippen LogP contribution in [0.3, 0.4) is 0 Å². The molecule has 1 aliphatic rings. The van der Waals surface area contributed by atoms with Gasteiger partial charge in [-0.25, -0.2) is 9.58 Å². The number of nitriles is 1. The van der Waals surface area contributed by atoms with E-state index in [-0.39, 0.29) is 11.1 Å². The van der Waals surface area contributed by atoms with Crippen molar-refractivity contribution in [3.63, 3.8) is 0 Å². The lowest BCUT2D eigenvalue weighted by atomic mass is 9.92. The van der Waals surface area contributed by atoms with E-state index in [1.807, 2.05) is 80.7 Å². The molecular weight excluding hydrogens is 512 g/mol. The number of hydrogen-bond donors (Lipinski definition) is 0. The lowest BCUT2D eigenvalue weighted by Gasteiger charge is -2.27. The van der Waals surface area contributed by atoms with Gasteiger partial charge in [-0.3, -0.25) is 9.59 Å². The molecule has 41 heavy (non-hydrogen) atoms. The molecule has 1 aromatic heterocycles. The number of hydrogen-bond acceptors (Lipinski definition) is 5. The molecule has 7 heteroatoms. The predicted octanol–water partition coefficient (Wildman–Crippen LogP) is 6.52. The molecule has 0 spiro atoms. The molecule has 0 saturated heterocycles. The van der Waals surface area contributed by atoms with E-state index in [2.05, 4.69) is 6.58 Å². The zero-order valence-electron chi connectivity index (χ0n) is 23.1. The van der Waals surface area contributed by atoms with Crippen molar-refractivity contribution in [1.29, 1.82) is 5.26 Å². The van der Waals surface area contributed by atoms with Crippen molar-refractivity contribution in [2.45, 2.75) is 20.8 Å². The Kier molecular flexibility index (Phi) is 7.49. The molecule has 0 saturated carbocycles. The molecule has 0 aliphatic carbocycles. The average molecular weight is 541 g/mol. The summed E-state index contributed by atoms with van der Waals surface area (Å²) in [6.07, 6.45) is 5.25. The number of amides is 2. The SMILES string of the molecule is C=CCOc1ccc(-c2nn(-c3ccccc3)cc2/C=C2/C(=O)N(c3cccc(C)c3)C(=O)C(C#N)=C2C)cc1C. The Bertz CT molecular complexity index is 1790. The summed E-state index contributed by atoms with van der Waals surface area (Å²) in [5.41, 5.74) is 5.69. The number of ether oxygens (including phenoxy) is 1. The Morgan fingerprint density at radius 1 is 0.951 bits per heavy atom. The van der Waals surface area contributed by atoms with Gasteiger partial charge < -0.3 is 4.74 Å². The predicted molar refractivity (Wildman–Crippen MR) is 159 cm³/mol. The molecule has 0 radical (unpaired) electrons. The fourth-order valence-electron chi connectivity index (χ4n) is 4.78. The van der Waals surface area contributed by atoms with E-state index in [1.165, 1.54) is 0 Å². The number of para-hydroxylation sites is 1. The van der Waals surface area contributed by atoms with Crippen LogP contribution in [0.1, 0.15) is 23.6 Å². The fraction of sp³-hybridized carbons (Fsp3) is 0.118. The number of benzene rings is 3. The van der Waals surface area contributed by atoms with Crippen LogP contribution in [0.4, 0.5) is 5.69 Å². The summed E-state index contributed by atoms with van der Waals surface area (Å²) >= 11 is 0. The Hall–Kier alpha value is -5.48. The molecule has 2 heterocycles. The topological polar surface area (TPSA) is 88.2 Å². The first-order valence-corrected chi connectivity index (χ1v) is 13.1. The molecule has 1 aliphatic heterocycles. The van der Waals surface area contributed by atoms with Gasteiger partial charge in [0.25, 0.3) is 11.8 Å². The average Bonchev–Trinajstić information content (AvgIpc) is 3.39. The third-order valence-corrected chi connectivity index (χ3v) is 6.87. The molecular formula is C34H28N4O3. The number of aryl methyl sites for hydroxylation is 2. The summed E-state index contributed by atoms with van der Waals surface area (Å²) in [4.78, 5) is 28.2. The number of nitrogens with zero attached hydrogens (tertiary/aromatic N) is 4. The molecule has 2 amide bonds. The van der Waals surface area contributed by atoms with Gasteiger partial charge in [-0.1, -0.05) is 43.0 Å². The van der Waals surface area contributed by atoms with Gasteiger partial charge in [-0.05, 0) is 86.0 Å². The first-order valence-electron chi connectivity index (χ1n) is 13.1. The molecule has 5 rings (SSSR count). The van der Waals surface area contributed by atoms with Gasteiger partial charge in [0, 0.05) is 22.9 Å². The minimum absolute atomic E-state index is 0.0751. The maximum absolute atomic E-state index is 13.9. The Morgan fingerprint density at radius 3 is 2.39 bits per heavy atom. The molecule has 0 fully saturated rings. The van der Waals surface area contributed by atoms with Crippen molar-refractivity contribution < 1.29 is 14.3 Å². The van der Waals surface area contributed by atoms with Crippen LogP contribution >= 0.6 is 0 Å². The lowest BCUT2D eigenvalue weighted by Crippen LogP contribution is -2.42. The summed E-state index contributed by atoms with van der Waals surface area (Å²) < 4.78 is 7.50. The summed E-state index contributed by atoms with van der Waals surface area (Å²) in [6, 6.07) is 24.5. The van der Waals surface area contributed by atoms with Crippen molar-refractivity contribution in [3.8, 4) is 28.8 Å². The maximum Gasteiger partial charge on any atom is 0.276 e.